The monoisotopic (exact) mass is 469 g/mol. The number of anilines is 3. The number of nitrogens with one attached hydrogen (secondary N) is 2. The quantitative estimate of drug-likeness (QED) is 0.573. The van der Waals surface area contributed by atoms with Crippen LogP contribution in [0.25, 0.3) is 0 Å². The number of carbonyl (C=O) groups excluding carboxylic acids is 2. The van der Waals surface area contributed by atoms with Gasteiger partial charge < -0.3 is 10.2 Å². The van der Waals surface area contributed by atoms with Crippen molar-refractivity contribution in [2.45, 2.75) is 18.2 Å². The normalized spacial score (nSPS) is 16.0. The molecule has 2 N–H and O–H groups in total. The van der Waals surface area contributed by atoms with Crippen molar-refractivity contribution in [1.82, 2.24) is 9.97 Å². The number of rotatable bonds is 6. The fourth-order valence-corrected chi connectivity index (χ4v) is 4.34. The molecule has 1 saturated heterocycles. The molecule has 1 aliphatic rings. The zero-order valence-electron chi connectivity index (χ0n) is 17.5. The van der Waals surface area contributed by atoms with E-state index in [2.05, 4.69) is 20.0 Å². The first-order valence-corrected chi connectivity index (χ1v) is 11.5. The lowest BCUT2D eigenvalue weighted by Crippen LogP contribution is -2.28. The fourth-order valence-electron chi connectivity index (χ4n) is 3.39. The van der Waals surface area contributed by atoms with Crippen LogP contribution in [0.4, 0.5) is 21.7 Å². The van der Waals surface area contributed by atoms with Gasteiger partial charge in [-0.15, -0.1) is 0 Å². The molecule has 0 unspecified atom stereocenters. The molecule has 2 heterocycles. The summed E-state index contributed by atoms with van der Waals surface area (Å²) in [6.07, 6.45) is 1.47. The van der Waals surface area contributed by atoms with Gasteiger partial charge in [-0.1, -0.05) is 0 Å². The lowest BCUT2D eigenvalue weighted by atomic mass is 10.1. The zero-order valence-corrected chi connectivity index (χ0v) is 18.3. The molecule has 1 aliphatic heterocycles. The number of nitrogens with zero attached hydrogens (tertiary/aromatic N) is 3. The Morgan fingerprint density at radius 1 is 1.09 bits per heavy atom. The van der Waals surface area contributed by atoms with Gasteiger partial charge in [-0.2, -0.15) is 0 Å². The number of hydrogen-bond donors (Lipinski definition) is 2. The summed E-state index contributed by atoms with van der Waals surface area (Å²) < 4.78 is 40.5. The largest absolute Gasteiger partial charge is 0.326 e. The number of aromatic nitrogens is 2. The Balaban J connectivity index is 1.40. The van der Waals surface area contributed by atoms with Crippen LogP contribution in [0.1, 0.15) is 12.1 Å². The van der Waals surface area contributed by atoms with E-state index in [4.69, 9.17) is 0 Å². The molecule has 1 aromatic heterocycles. The van der Waals surface area contributed by atoms with Crippen LogP contribution in [0.2, 0.25) is 0 Å². The number of halogens is 1. The Morgan fingerprint density at radius 3 is 2.45 bits per heavy atom. The average molecular weight is 469 g/mol. The third kappa shape index (κ3) is 5.14. The van der Waals surface area contributed by atoms with E-state index < -0.39 is 21.8 Å². The van der Waals surface area contributed by atoms with E-state index in [1.54, 1.807) is 13.0 Å². The minimum atomic E-state index is -3.90. The summed E-state index contributed by atoms with van der Waals surface area (Å²) in [7, 11) is -3.90. The summed E-state index contributed by atoms with van der Waals surface area (Å²) in [5.41, 5.74) is 1.53. The Labute approximate surface area is 189 Å². The van der Waals surface area contributed by atoms with Gasteiger partial charge in [0.1, 0.15) is 5.82 Å². The standard InChI is InChI=1S/C22H20FN5O4S/c1-14-10-11-24-22(25-14)27-33(31,32)19-8-4-17(5-9-19)26-21(30)15-12-20(29)28(13-15)18-6-2-16(23)3-7-18/h2-11,15H,12-13H2,1H3,(H,26,30)(H,24,25,27)/t15-/m1/s1. The number of amides is 2. The van der Waals surface area contributed by atoms with Gasteiger partial charge in [0.25, 0.3) is 10.0 Å². The third-order valence-corrected chi connectivity index (χ3v) is 6.43. The van der Waals surface area contributed by atoms with Gasteiger partial charge in [-0.3, -0.25) is 9.59 Å². The van der Waals surface area contributed by atoms with Crippen LogP contribution in [0.3, 0.4) is 0 Å². The Morgan fingerprint density at radius 2 is 1.79 bits per heavy atom. The average Bonchev–Trinajstić information content (AvgIpc) is 3.16. The van der Waals surface area contributed by atoms with Crippen molar-refractivity contribution < 1.29 is 22.4 Å². The molecule has 1 atom stereocenters. The second-order valence-electron chi connectivity index (χ2n) is 7.52. The minimum Gasteiger partial charge on any atom is -0.326 e. The van der Waals surface area contributed by atoms with Crippen LogP contribution >= 0.6 is 0 Å². The van der Waals surface area contributed by atoms with Gasteiger partial charge in [0.2, 0.25) is 17.8 Å². The van der Waals surface area contributed by atoms with Crippen molar-refractivity contribution in [2.75, 3.05) is 21.5 Å². The van der Waals surface area contributed by atoms with Crippen molar-refractivity contribution in [2.24, 2.45) is 5.92 Å². The molecule has 33 heavy (non-hydrogen) atoms. The number of aryl methyl sites for hydroxylation is 1. The molecule has 0 bridgehead atoms. The first kappa shape index (κ1) is 22.3. The maximum absolute atomic E-state index is 13.1. The van der Waals surface area contributed by atoms with Crippen LogP contribution in [0.5, 0.6) is 0 Å². The molecule has 2 amide bonds. The van der Waals surface area contributed by atoms with Gasteiger partial charge in [0.05, 0.1) is 10.8 Å². The van der Waals surface area contributed by atoms with Gasteiger partial charge in [-0.05, 0) is 61.5 Å². The summed E-state index contributed by atoms with van der Waals surface area (Å²) in [4.78, 5) is 34.3. The Hall–Kier alpha value is -3.86. The predicted molar refractivity (Wildman–Crippen MR) is 120 cm³/mol. The predicted octanol–water partition coefficient (Wildman–Crippen LogP) is 2.72. The van der Waals surface area contributed by atoms with Crippen LogP contribution in [0.15, 0.2) is 65.7 Å². The van der Waals surface area contributed by atoms with Gasteiger partial charge in [0, 0.05) is 36.2 Å². The van der Waals surface area contributed by atoms with E-state index in [1.165, 1.54) is 59.6 Å². The van der Waals surface area contributed by atoms with E-state index in [0.717, 1.165) is 0 Å². The summed E-state index contributed by atoms with van der Waals surface area (Å²) in [6, 6.07) is 12.7. The van der Waals surface area contributed by atoms with Crippen molar-refractivity contribution in [3.05, 3.63) is 72.3 Å². The van der Waals surface area contributed by atoms with Crippen LogP contribution in [0, 0.1) is 18.7 Å². The molecule has 0 spiro atoms. The summed E-state index contributed by atoms with van der Waals surface area (Å²) in [6.45, 7) is 1.89. The lowest BCUT2D eigenvalue weighted by molar-refractivity contribution is -0.122. The molecule has 9 nitrogen and oxygen atoms in total. The molecule has 0 saturated carbocycles. The van der Waals surface area contributed by atoms with Gasteiger partial charge >= 0.3 is 0 Å². The smallest absolute Gasteiger partial charge is 0.264 e. The number of sulfonamides is 1. The maximum Gasteiger partial charge on any atom is 0.264 e. The van der Waals surface area contributed by atoms with Crippen molar-refractivity contribution >= 4 is 39.2 Å². The molecule has 0 aliphatic carbocycles. The topological polar surface area (TPSA) is 121 Å². The highest BCUT2D eigenvalue weighted by molar-refractivity contribution is 7.92. The van der Waals surface area contributed by atoms with Crippen LogP contribution < -0.4 is 14.9 Å². The fraction of sp³-hybridized carbons (Fsp3) is 0.182. The molecule has 2 aromatic carbocycles. The summed E-state index contributed by atoms with van der Waals surface area (Å²) in [5, 5.41) is 2.70. The second kappa shape index (κ2) is 8.94. The Kier molecular flexibility index (Phi) is 6.05. The van der Waals surface area contributed by atoms with E-state index in [1.807, 2.05) is 0 Å². The molecule has 11 heteroatoms. The first-order chi connectivity index (χ1) is 15.7. The highest BCUT2D eigenvalue weighted by atomic mass is 32.2. The SMILES string of the molecule is Cc1ccnc(NS(=O)(=O)c2ccc(NC(=O)[C@@H]3CC(=O)N(c4ccc(F)cc4)C3)cc2)n1. The molecular formula is C22H20FN5O4S. The minimum absolute atomic E-state index is 0.0239. The molecule has 170 valence electrons. The summed E-state index contributed by atoms with van der Waals surface area (Å²) >= 11 is 0. The van der Waals surface area contributed by atoms with E-state index in [0.29, 0.717) is 17.1 Å². The molecule has 3 aromatic rings. The van der Waals surface area contributed by atoms with Gasteiger partial charge in [0.15, 0.2) is 0 Å². The van der Waals surface area contributed by atoms with E-state index in [-0.39, 0.29) is 35.6 Å². The van der Waals surface area contributed by atoms with Crippen LogP contribution in [-0.2, 0) is 19.6 Å². The summed E-state index contributed by atoms with van der Waals surface area (Å²) in [5.74, 6) is -1.63. The van der Waals surface area contributed by atoms with Crippen molar-refractivity contribution in [1.29, 1.82) is 0 Å². The Bertz CT molecular complexity index is 1300. The molecule has 4 rings (SSSR count). The van der Waals surface area contributed by atoms with Crippen LogP contribution in [-0.4, -0.2) is 36.7 Å². The van der Waals surface area contributed by atoms with Crippen molar-refractivity contribution in [3.63, 3.8) is 0 Å². The van der Waals surface area contributed by atoms with E-state index >= 15 is 0 Å². The molecular weight excluding hydrogens is 449 g/mol. The second-order valence-corrected chi connectivity index (χ2v) is 9.20. The molecule has 0 radical (unpaired) electrons. The van der Waals surface area contributed by atoms with E-state index in [9.17, 15) is 22.4 Å². The highest BCUT2D eigenvalue weighted by Crippen LogP contribution is 2.26. The van der Waals surface area contributed by atoms with Crippen molar-refractivity contribution in [3.8, 4) is 0 Å². The number of hydrogen-bond acceptors (Lipinski definition) is 6. The third-order valence-electron chi connectivity index (χ3n) is 5.09. The number of benzene rings is 2. The first-order valence-electron chi connectivity index (χ1n) is 10.0. The highest BCUT2D eigenvalue weighted by Gasteiger charge is 2.35. The van der Waals surface area contributed by atoms with Gasteiger partial charge in [-0.25, -0.2) is 27.5 Å². The zero-order chi connectivity index (χ0) is 23.6. The number of carbonyl (C=O) groups is 2. The maximum atomic E-state index is 13.1. The molecule has 1 fully saturated rings. The lowest BCUT2D eigenvalue weighted by Gasteiger charge is -2.16.